The fourth-order valence-corrected chi connectivity index (χ4v) is 10.1. The predicted octanol–water partition coefficient (Wildman–Crippen LogP) is 4.52. The van der Waals surface area contributed by atoms with E-state index in [1.54, 1.807) is 0 Å². The molecule has 0 saturated carbocycles. The van der Waals surface area contributed by atoms with Crippen LogP contribution in [0.2, 0.25) is 16.6 Å². The van der Waals surface area contributed by atoms with Crippen LogP contribution in [0.4, 0.5) is 0 Å². The quantitative estimate of drug-likeness (QED) is 0.486. The summed E-state index contributed by atoms with van der Waals surface area (Å²) in [7, 11) is -1.88. The minimum Gasteiger partial charge on any atom is -0.462 e. The first-order valence-corrected chi connectivity index (χ1v) is 11.7. The van der Waals surface area contributed by atoms with Gasteiger partial charge in [-0.25, -0.2) is 0 Å². The van der Waals surface area contributed by atoms with E-state index in [1.807, 2.05) is 0 Å². The summed E-state index contributed by atoms with van der Waals surface area (Å²) >= 11 is 0. The summed E-state index contributed by atoms with van der Waals surface area (Å²) in [5.41, 5.74) is 1.67. The number of carbonyl (C=O) groups is 1. The monoisotopic (exact) mass is 358 g/mol. The fourth-order valence-electron chi connectivity index (χ4n) is 4.55. The Morgan fingerprint density at radius 3 is 2.12 bits per heavy atom. The molecular weight excluding hydrogens is 320 g/mol. The third-order valence-electron chi connectivity index (χ3n) is 5.78. The molecular formula is C19H38O4Si. The molecule has 0 spiro atoms. The van der Waals surface area contributed by atoms with Gasteiger partial charge in [0.1, 0.15) is 6.10 Å². The van der Waals surface area contributed by atoms with Gasteiger partial charge in [-0.3, -0.25) is 4.79 Å². The molecule has 1 heterocycles. The van der Waals surface area contributed by atoms with E-state index in [0.29, 0.717) is 36.1 Å². The Morgan fingerprint density at radius 2 is 1.67 bits per heavy atom. The first-order valence-electron chi connectivity index (χ1n) is 9.59. The standard InChI is InChI=1S/C19H38O4Si/c1-13(2)24(14(3)4,15(5)6)22-12-16(7)18-10-17(8-9-20)11-19(21)23-18/h13-18,20H,8-12H2,1-7H3/t16-,17-,18-/m1/s1. The van der Waals surface area contributed by atoms with E-state index in [1.165, 1.54) is 0 Å². The van der Waals surface area contributed by atoms with Gasteiger partial charge in [0.05, 0.1) is 0 Å². The topological polar surface area (TPSA) is 55.8 Å². The number of hydrogen-bond donors (Lipinski definition) is 1. The molecule has 4 nitrogen and oxygen atoms in total. The molecule has 142 valence electrons. The van der Waals surface area contributed by atoms with E-state index in [0.717, 1.165) is 6.42 Å². The summed E-state index contributed by atoms with van der Waals surface area (Å²) in [5, 5.41) is 9.15. The van der Waals surface area contributed by atoms with Gasteiger partial charge in [0.15, 0.2) is 8.32 Å². The molecule has 0 radical (unpaired) electrons. The van der Waals surface area contributed by atoms with Crippen molar-refractivity contribution in [1.29, 1.82) is 0 Å². The first-order chi connectivity index (χ1) is 11.1. The molecule has 1 aliphatic heterocycles. The van der Waals surface area contributed by atoms with Gasteiger partial charge in [-0.15, -0.1) is 0 Å². The van der Waals surface area contributed by atoms with Gasteiger partial charge in [0.25, 0.3) is 0 Å². The molecule has 0 unspecified atom stereocenters. The zero-order chi connectivity index (χ0) is 18.5. The maximum Gasteiger partial charge on any atom is 0.306 e. The van der Waals surface area contributed by atoms with Crippen molar-refractivity contribution < 1.29 is 19.1 Å². The SMILES string of the molecule is CC(C)[Si](OC[C@@H](C)[C@H]1C[C@@H](CCO)CC(=O)O1)(C(C)C)C(C)C. The minimum absolute atomic E-state index is 0.0824. The number of rotatable bonds is 9. The van der Waals surface area contributed by atoms with Crippen molar-refractivity contribution in [2.75, 3.05) is 13.2 Å². The molecule has 1 aliphatic rings. The minimum atomic E-state index is -1.88. The Balaban J connectivity index is 2.74. The Morgan fingerprint density at radius 1 is 1.12 bits per heavy atom. The van der Waals surface area contributed by atoms with Crippen LogP contribution in [-0.2, 0) is 14.0 Å². The van der Waals surface area contributed by atoms with Crippen LogP contribution in [0.25, 0.3) is 0 Å². The first kappa shape index (κ1) is 21.6. The van der Waals surface area contributed by atoms with Gasteiger partial charge in [0.2, 0.25) is 0 Å². The lowest BCUT2D eigenvalue weighted by molar-refractivity contribution is -0.161. The van der Waals surface area contributed by atoms with Crippen LogP contribution in [0.15, 0.2) is 0 Å². The predicted molar refractivity (Wildman–Crippen MR) is 100 cm³/mol. The van der Waals surface area contributed by atoms with Crippen molar-refractivity contribution in [3.63, 3.8) is 0 Å². The van der Waals surface area contributed by atoms with Crippen molar-refractivity contribution in [3.8, 4) is 0 Å². The number of esters is 1. The van der Waals surface area contributed by atoms with Crippen LogP contribution < -0.4 is 0 Å². The van der Waals surface area contributed by atoms with Gasteiger partial charge in [-0.2, -0.15) is 0 Å². The molecule has 3 atom stereocenters. The van der Waals surface area contributed by atoms with Gasteiger partial charge < -0.3 is 14.3 Å². The van der Waals surface area contributed by atoms with Crippen LogP contribution in [0.5, 0.6) is 0 Å². The normalized spacial score (nSPS) is 23.9. The highest BCUT2D eigenvalue weighted by atomic mass is 28.4. The van der Waals surface area contributed by atoms with Crippen LogP contribution in [0.3, 0.4) is 0 Å². The summed E-state index contributed by atoms with van der Waals surface area (Å²) in [6.07, 6.45) is 1.88. The van der Waals surface area contributed by atoms with E-state index in [2.05, 4.69) is 48.5 Å². The third kappa shape index (κ3) is 5.05. The summed E-state index contributed by atoms with van der Waals surface area (Å²) in [6.45, 7) is 16.6. The van der Waals surface area contributed by atoms with Crippen LogP contribution >= 0.6 is 0 Å². The molecule has 0 aliphatic carbocycles. The van der Waals surface area contributed by atoms with E-state index in [9.17, 15) is 4.79 Å². The highest BCUT2D eigenvalue weighted by Crippen LogP contribution is 2.42. The third-order valence-corrected chi connectivity index (χ3v) is 11.9. The van der Waals surface area contributed by atoms with Crippen molar-refractivity contribution in [2.45, 2.75) is 90.5 Å². The van der Waals surface area contributed by atoms with Crippen LogP contribution in [0, 0.1) is 11.8 Å². The second kappa shape index (κ2) is 9.34. The fraction of sp³-hybridized carbons (Fsp3) is 0.947. The second-order valence-electron chi connectivity index (χ2n) is 8.45. The average Bonchev–Trinajstić information content (AvgIpc) is 2.46. The molecule has 24 heavy (non-hydrogen) atoms. The smallest absolute Gasteiger partial charge is 0.306 e. The molecule has 1 rings (SSSR count). The van der Waals surface area contributed by atoms with Crippen molar-refractivity contribution >= 4 is 14.3 Å². The lowest BCUT2D eigenvalue weighted by Crippen LogP contribution is -2.49. The highest BCUT2D eigenvalue weighted by Gasteiger charge is 2.45. The Kier molecular flexibility index (Phi) is 8.43. The van der Waals surface area contributed by atoms with E-state index in [-0.39, 0.29) is 30.5 Å². The summed E-state index contributed by atoms with van der Waals surface area (Å²) < 4.78 is 12.2. The molecule has 1 fully saturated rings. The average molecular weight is 359 g/mol. The number of carbonyl (C=O) groups excluding carboxylic acids is 1. The van der Waals surface area contributed by atoms with Gasteiger partial charge >= 0.3 is 5.97 Å². The van der Waals surface area contributed by atoms with E-state index < -0.39 is 8.32 Å². The van der Waals surface area contributed by atoms with Crippen molar-refractivity contribution in [1.82, 2.24) is 0 Å². The summed E-state index contributed by atoms with van der Waals surface area (Å²) in [5.74, 6) is 0.307. The zero-order valence-electron chi connectivity index (χ0n) is 16.7. The van der Waals surface area contributed by atoms with E-state index >= 15 is 0 Å². The molecule has 0 aromatic heterocycles. The van der Waals surface area contributed by atoms with Gasteiger partial charge in [-0.1, -0.05) is 48.5 Å². The molecule has 1 saturated heterocycles. The van der Waals surface area contributed by atoms with Crippen molar-refractivity contribution in [3.05, 3.63) is 0 Å². The number of aliphatic hydroxyl groups excluding tert-OH is 1. The molecule has 0 bridgehead atoms. The number of cyclic esters (lactones) is 1. The Bertz CT molecular complexity index is 373. The number of aliphatic hydroxyl groups is 1. The zero-order valence-corrected chi connectivity index (χ0v) is 17.7. The second-order valence-corrected chi connectivity index (χ2v) is 13.9. The lowest BCUT2D eigenvalue weighted by Gasteiger charge is -2.43. The summed E-state index contributed by atoms with van der Waals surface area (Å²) in [4.78, 5) is 11.9. The molecule has 0 amide bonds. The molecule has 1 N–H and O–H groups in total. The number of ether oxygens (including phenoxy) is 1. The van der Waals surface area contributed by atoms with E-state index in [4.69, 9.17) is 14.3 Å². The largest absolute Gasteiger partial charge is 0.462 e. The van der Waals surface area contributed by atoms with Crippen molar-refractivity contribution in [2.24, 2.45) is 11.8 Å². The number of hydrogen-bond acceptors (Lipinski definition) is 4. The maximum absolute atomic E-state index is 11.9. The maximum atomic E-state index is 11.9. The Hall–Kier alpha value is -0.393. The van der Waals surface area contributed by atoms with Gasteiger partial charge in [-0.05, 0) is 35.4 Å². The van der Waals surface area contributed by atoms with Crippen LogP contribution in [0.1, 0.15) is 67.7 Å². The summed E-state index contributed by atoms with van der Waals surface area (Å²) in [6, 6.07) is 0. The lowest BCUT2D eigenvalue weighted by atomic mass is 9.88. The van der Waals surface area contributed by atoms with Crippen LogP contribution in [-0.4, -0.2) is 38.7 Å². The molecule has 0 aromatic carbocycles. The highest BCUT2D eigenvalue weighted by molar-refractivity contribution is 6.77. The molecule has 0 aromatic rings. The van der Waals surface area contributed by atoms with Gasteiger partial charge in [0, 0.05) is 25.6 Å². The molecule has 5 heteroatoms. The Labute approximate surface area is 149 Å².